The van der Waals surface area contributed by atoms with E-state index in [1.165, 1.54) is 0 Å². The summed E-state index contributed by atoms with van der Waals surface area (Å²) in [5, 5.41) is 12.8. The molecule has 0 amide bonds. The molecule has 1 heterocycles. The van der Waals surface area contributed by atoms with Crippen molar-refractivity contribution in [2.75, 3.05) is 20.8 Å². The number of carbonyl (C=O) groups is 1. The van der Waals surface area contributed by atoms with Crippen molar-refractivity contribution >= 4 is 21.9 Å². The van der Waals surface area contributed by atoms with Crippen LogP contribution in [0.25, 0.3) is 11.5 Å². The van der Waals surface area contributed by atoms with Gasteiger partial charge in [-0.15, -0.1) is 0 Å². The molecule has 0 spiro atoms. The molecule has 8 nitrogen and oxygen atoms in total. The standard InChI is InChI=1S/C19H17BrN2O6/c1-25-13-5-11(6-14(9-13)26-2)7-17-21-19(28-22-17)15-8-12(20)3-4-16(15)27-10-18(23)24/h3-6,8-9H,7,10H2,1-2H3,(H,23,24). The molecule has 0 radical (unpaired) electrons. The van der Waals surface area contributed by atoms with Gasteiger partial charge in [0, 0.05) is 17.0 Å². The van der Waals surface area contributed by atoms with E-state index in [9.17, 15) is 4.79 Å². The first-order chi connectivity index (χ1) is 13.5. The fourth-order valence-electron chi connectivity index (χ4n) is 2.52. The van der Waals surface area contributed by atoms with Gasteiger partial charge in [-0.05, 0) is 35.9 Å². The second kappa shape index (κ2) is 8.75. The highest BCUT2D eigenvalue weighted by Gasteiger charge is 2.16. The van der Waals surface area contributed by atoms with Crippen LogP contribution in [-0.4, -0.2) is 42.0 Å². The summed E-state index contributed by atoms with van der Waals surface area (Å²) < 4.78 is 22.0. The Hall–Kier alpha value is -3.07. The van der Waals surface area contributed by atoms with Crippen molar-refractivity contribution in [3.05, 3.63) is 52.3 Å². The molecule has 0 saturated carbocycles. The molecule has 28 heavy (non-hydrogen) atoms. The van der Waals surface area contributed by atoms with Crippen molar-refractivity contribution in [3.63, 3.8) is 0 Å². The quantitative estimate of drug-likeness (QED) is 0.557. The fourth-order valence-corrected chi connectivity index (χ4v) is 2.88. The first-order valence-electron chi connectivity index (χ1n) is 8.17. The van der Waals surface area contributed by atoms with Gasteiger partial charge in [0.05, 0.1) is 19.8 Å². The average molecular weight is 449 g/mol. The lowest BCUT2D eigenvalue weighted by atomic mass is 10.1. The maximum absolute atomic E-state index is 10.8. The molecule has 0 aliphatic carbocycles. The van der Waals surface area contributed by atoms with Crippen LogP contribution in [0.1, 0.15) is 11.4 Å². The van der Waals surface area contributed by atoms with E-state index in [0.717, 1.165) is 10.0 Å². The summed E-state index contributed by atoms with van der Waals surface area (Å²) in [6.07, 6.45) is 0.399. The highest BCUT2D eigenvalue weighted by molar-refractivity contribution is 9.10. The Morgan fingerprint density at radius 2 is 1.86 bits per heavy atom. The first-order valence-corrected chi connectivity index (χ1v) is 8.97. The van der Waals surface area contributed by atoms with Crippen LogP contribution in [-0.2, 0) is 11.2 Å². The molecule has 146 valence electrons. The second-order valence-corrected chi connectivity index (χ2v) is 6.65. The van der Waals surface area contributed by atoms with E-state index in [0.29, 0.717) is 35.1 Å². The number of nitrogens with zero attached hydrogens (tertiary/aromatic N) is 2. The number of aliphatic carboxylic acids is 1. The maximum atomic E-state index is 10.8. The molecule has 0 aliphatic heterocycles. The number of hydrogen-bond donors (Lipinski definition) is 1. The summed E-state index contributed by atoms with van der Waals surface area (Å²) in [4.78, 5) is 15.2. The SMILES string of the molecule is COc1cc(Cc2noc(-c3cc(Br)ccc3OCC(=O)O)n2)cc(OC)c1. The van der Waals surface area contributed by atoms with Crippen LogP contribution in [0, 0.1) is 0 Å². The molecule has 9 heteroatoms. The van der Waals surface area contributed by atoms with Gasteiger partial charge in [-0.1, -0.05) is 21.1 Å². The summed E-state index contributed by atoms with van der Waals surface area (Å²) in [6, 6.07) is 10.6. The molecule has 2 aromatic carbocycles. The third-order valence-corrected chi connectivity index (χ3v) is 4.26. The van der Waals surface area contributed by atoms with Gasteiger partial charge in [0.2, 0.25) is 0 Å². The van der Waals surface area contributed by atoms with Crippen molar-refractivity contribution in [1.29, 1.82) is 0 Å². The number of ether oxygens (including phenoxy) is 3. The molecule has 0 fully saturated rings. The molecule has 1 N–H and O–H groups in total. The third-order valence-electron chi connectivity index (χ3n) is 3.76. The molecular weight excluding hydrogens is 432 g/mol. The summed E-state index contributed by atoms with van der Waals surface area (Å²) in [5.74, 6) is 1.26. The van der Waals surface area contributed by atoms with Crippen molar-refractivity contribution in [2.24, 2.45) is 0 Å². The molecule has 1 aromatic heterocycles. The maximum Gasteiger partial charge on any atom is 0.341 e. The number of aromatic nitrogens is 2. The number of methoxy groups -OCH3 is 2. The summed E-state index contributed by atoms with van der Waals surface area (Å²) in [7, 11) is 3.16. The first kappa shape index (κ1) is 19.7. The monoisotopic (exact) mass is 448 g/mol. The molecule has 3 rings (SSSR count). The van der Waals surface area contributed by atoms with Crippen LogP contribution in [0.3, 0.4) is 0 Å². The smallest absolute Gasteiger partial charge is 0.341 e. The van der Waals surface area contributed by atoms with Crippen LogP contribution >= 0.6 is 15.9 Å². The lowest BCUT2D eigenvalue weighted by Gasteiger charge is -2.07. The molecule has 0 atom stereocenters. The van der Waals surface area contributed by atoms with Crippen LogP contribution in [0.15, 0.2) is 45.4 Å². The number of halogens is 1. The lowest BCUT2D eigenvalue weighted by molar-refractivity contribution is -0.139. The van der Waals surface area contributed by atoms with Crippen LogP contribution in [0.5, 0.6) is 17.2 Å². The van der Waals surface area contributed by atoms with Gasteiger partial charge in [0.25, 0.3) is 5.89 Å². The zero-order valence-corrected chi connectivity index (χ0v) is 16.7. The number of carboxylic acids is 1. The van der Waals surface area contributed by atoms with Gasteiger partial charge in [-0.25, -0.2) is 4.79 Å². The topological polar surface area (TPSA) is 104 Å². The zero-order valence-electron chi connectivity index (χ0n) is 15.1. The van der Waals surface area contributed by atoms with Crippen molar-refractivity contribution in [3.8, 4) is 28.7 Å². The van der Waals surface area contributed by atoms with E-state index in [-0.39, 0.29) is 5.89 Å². The van der Waals surface area contributed by atoms with Gasteiger partial charge in [0.1, 0.15) is 17.2 Å². The van der Waals surface area contributed by atoms with Gasteiger partial charge in [-0.3, -0.25) is 0 Å². The lowest BCUT2D eigenvalue weighted by Crippen LogP contribution is -2.10. The van der Waals surface area contributed by atoms with Crippen LogP contribution < -0.4 is 14.2 Å². The number of rotatable bonds is 8. The Balaban J connectivity index is 1.87. The Morgan fingerprint density at radius 3 is 2.50 bits per heavy atom. The molecule has 0 unspecified atom stereocenters. The molecule has 3 aromatic rings. The second-order valence-electron chi connectivity index (χ2n) is 5.74. The van der Waals surface area contributed by atoms with E-state index >= 15 is 0 Å². The minimum atomic E-state index is -1.08. The Kier molecular flexibility index (Phi) is 6.15. The average Bonchev–Trinajstić information content (AvgIpc) is 3.14. The Morgan fingerprint density at radius 1 is 1.14 bits per heavy atom. The number of carboxylic acid groups (broad SMARTS) is 1. The minimum Gasteiger partial charge on any atom is -0.497 e. The highest BCUT2D eigenvalue weighted by Crippen LogP contribution is 2.32. The summed E-state index contributed by atoms with van der Waals surface area (Å²) in [6.45, 7) is -0.473. The summed E-state index contributed by atoms with van der Waals surface area (Å²) in [5.41, 5.74) is 1.39. The van der Waals surface area contributed by atoms with E-state index in [2.05, 4.69) is 26.1 Å². The predicted octanol–water partition coefficient (Wildman–Crippen LogP) is 3.57. The molecular formula is C19H17BrN2O6. The number of hydrogen-bond acceptors (Lipinski definition) is 7. The van der Waals surface area contributed by atoms with Crippen molar-refractivity contribution in [2.45, 2.75) is 6.42 Å². The van der Waals surface area contributed by atoms with E-state index in [1.807, 2.05) is 12.1 Å². The number of benzene rings is 2. The van der Waals surface area contributed by atoms with Crippen molar-refractivity contribution in [1.82, 2.24) is 10.1 Å². The predicted molar refractivity (Wildman–Crippen MR) is 103 cm³/mol. The Bertz CT molecular complexity index is 966. The van der Waals surface area contributed by atoms with E-state index in [1.54, 1.807) is 38.5 Å². The van der Waals surface area contributed by atoms with E-state index < -0.39 is 12.6 Å². The third kappa shape index (κ3) is 4.80. The summed E-state index contributed by atoms with van der Waals surface area (Å²) >= 11 is 3.38. The largest absolute Gasteiger partial charge is 0.497 e. The highest BCUT2D eigenvalue weighted by atomic mass is 79.9. The van der Waals surface area contributed by atoms with Gasteiger partial charge in [0.15, 0.2) is 12.4 Å². The zero-order chi connectivity index (χ0) is 20.1. The Labute approximate surface area is 169 Å². The van der Waals surface area contributed by atoms with Gasteiger partial charge >= 0.3 is 5.97 Å². The molecule has 0 bridgehead atoms. The van der Waals surface area contributed by atoms with Crippen molar-refractivity contribution < 1.29 is 28.6 Å². The van der Waals surface area contributed by atoms with Gasteiger partial charge in [-0.2, -0.15) is 4.98 Å². The fraction of sp³-hybridized carbons (Fsp3) is 0.211. The van der Waals surface area contributed by atoms with E-state index in [4.69, 9.17) is 23.8 Å². The van der Waals surface area contributed by atoms with Crippen LogP contribution in [0.2, 0.25) is 0 Å². The van der Waals surface area contributed by atoms with Crippen LogP contribution in [0.4, 0.5) is 0 Å². The normalized spacial score (nSPS) is 10.5. The van der Waals surface area contributed by atoms with Gasteiger partial charge < -0.3 is 23.8 Å². The minimum absolute atomic E-state index is 0.228. The molecule has 0 aliphatic rings. The molecule has 0 saturated heterocycles.